The Bertz CT molecular complexity index is 1460. The number of Topliss-reactive ketones (excluding diaryl/α,β-unsaturated/α-hetero) is 1. The van der Waals surface area contributed by atoms with E-state index < -0.39 is 0 Å². The minimum Gasteiger partial charge on any atom is -0.495 e. The molecule has 5 rings (SSSR count). The average Bonchev–Trinajstić information content (AvgIpc) is 3.52. The number of amides is 1. The van der Waals surface area contributed by atoms with E-state index in [-0.39, 0.29) is 36.5 Å². The minimum absolute atomic E-state index is 0.0908. The first-order valence-corrected chi connectivity index (χ1v) is 12.4. The highest BCUT2D eigenvalue weighted by molar-refractivity contribution is 7.22. The first-order chi connectivity index (χ1) is 16.9. The fourth-order valence-corrected chi connectivity index (χ4v) is 5.96. The van der Waals surface area contributed by atoms with Crippen LogP contribution in [0.1, 0.15) is 41.4 Å². The molecule has 182 valence electrons. The van der Waals surface area contributed by atoms with Crippen molar-refractivity contribution in [3.8, 4) is 16.2 Å². The number of methoxy groups -OCH3 is 1. The van der Waals surface area contributed by atoms with Crippen LogP contribution >= 0.6 is 11.3 Å². The van der Waals surface area contributed by atoms with Gasteiger partial charge in [-0.1, -0.05) is 6.07 Å². The third-order valence-corrected chi connectivity index (χ3v) is 7.54. The van der Waals surface area contributed by atoms with Gasteiger partial charge >= 0.3 is 0 Å². The van der Waals surface area contributed by atoms with E-state index in [2.05, 4.69) is 27.5 Å². The number of aromatic nitrogens is 3. The number of carbonyl (C=O) groups is 2. The van der Waals surface area contributed by atoms with Crippen LogP contribution in [0.3, 0.4) is 0 Å². The van der Waals surface area contributed by atoms with E-state index in [9.17, 15) is 9.59 Å². The molecule has 4 aromatic rings. The summed E-state index contributed by atoms with van der Waals surface area (Å²) in [4.78, 5) is 30.9. The van der Waals surface area contributed by atoms with Gasteiger partial charge in [-0.05, 0) is 43.4 Å². The van der Waals surface area contributed by atoms with E-state index >= 15 is 0 Å². The van der Waals surface area contributed by atoms with E-state index in [0.29, 0.717) is 36.3 Å². The maximum absolute atomic E-state index is 13.6. The van der Waals surface area contributed by atoms with Gasteiger partial charge < -0.3 is 20.5 Å². The Morgan fingerprint density at radius 1 is 1.34 bits per heavy atom. The number of nitrogen functional groups attached to an aromatic ring is 1. The quantitative estimate of drug-likeness (QED) is 0.359. The third-order valence-electron chi connectivity index (χ3n) is 6.36. The number of benzene rings is 1. The summed E-state index contributed by atoms with van der Waals surface area (Å²) in [7, 11) is 1.66. The van der Waals surface area contributed by atoms with Crippen LogP contribution in [0.2, 0.25) is 0 Å². The summed E-state index contributed by atoms with van der Waals surface area (Å²) < 4.78 is 14.0. The molecule has 9 nitrogen and oxygen atoms in total. The maximum Gasteiger partial charge on any atom is 0.223 e. The molecule has 35 heavy (non-hydrogen) atoms. The molecular formula is C25H27N5O4S. The van der Waals surface area contributed by atoms with Crippen molar-refractivity contribution in [2.75, 3.05) is 26.0 Å². The van der Waals surface area contributed by atoms with Crippen molar-refractivity contribution in [3.05, 3.63) is 41.3 Å². The molecule has 1 aromatic carbocycles. The van der Waals surface area contributed by atoms with Crippen molar-refractivity contribution in [2.45, 2.75) is 33.3 Å². The second-order valence-electron chi connectivity index (χ2n) is 8.65. The van der Waals surface area contributed by atoms with Crippen molar-refractivity contribution in [1.29, 1.82) is 0 Å². The predicted molar refractivity (Wildman–Crippen MR) is 135 cm³/mol. The van der Waals surface area contributed by atoms with Crippen LogP contribution < -0.4 is 15.8 Å². The Morgan fingerprint density at radius 3 is 2.89 bits per heavy atom. The fourth-order valence-electron chi connectivity index (χ4n) is 4.76. The van der Waals surface area contributed by atoms with Crippen LogP contribution in [-0.4, -0.2) is 46.5 Å². The second-order valence-corrected chi connectivity index (χ2v) is 9.70. The highest BCUT2D eigenvalue weighted by Crippen LogP contribution is 2.44. The number of anilines is 1. The number of fused-ring (bicyclic) bond motifs is 2. The van der Waals surface area contributed by atoms with Crippen LogP contribution in [0.5, 0.6) is 5.75 Å². The van der Waals surface area contributed by atoms with Gasteiger partial charge in [-0.15, -0.1) is 11.3 Å². The molecule has 0 radical (unpaired) electrons. The first kappa shape index (κ1) is 23.3. The zero-order valence-electron chi connectivity index (χ0n) is 19.9. The summed E-state index contributed by atoms with van der Waals surface area (Å²) in [5.74, 6) is 0.444. The van der Waals surface area contributed by atoms with Gasteiger partial charge in [-0.3, -0.25) is 9.59 Å². The summed E-state index contributed by atoms with van der Waals surface area (Å²) in [5, 5.41) is 8.24. The topological polar surface area (TPSA) is 121 Å². The lowest BCUT2D eigenvalue weighted by Gasteiger charge is -2.09. The Morgan fingerprint density at radius 2 is 2.17 bits per heavy atom. The van der Waals surface area contributed by atoms with Crippen molar-refractivity contribution in [1.82, 2.24) is 19.9 Å². The third kappa shape index (κ3) is 4.02. The number of nitrogens with one attached hydrogen (secondary N) is 1. The molecule has 10 heteroatoms. The van der Waals surface area contributed by atoms with E-state index in [0.717, 1.165) is 31.8 Å². The highest BCUT2D eigenvalue weighted by atomic mass is 32.1. The summed E-state index contributed by atoms with van der Waals surface area (Å²) in [6, 6.07) is 6.18. The molecule has 0 saturated carbocycles. The summed E-state index contributed by atoms with van der Waals surface area (Å²) in [6.45, 7) is 5.19. The Balaban J connectivity index is 1.75. The van der Waals surface area contributed by atoms with Crippen LogP contribution in [0.4, 0.5) is 5.82 Å². The monoisotopic (exact) mass is 493 g/mol. The molecule has 3 N–H and O–H groups in total. The number of aryl methyl sites for hydroxylation is 1. The first-order valence-electron chi connectivity index (χ1n) is 11.5. The molecule has 3 aromatic heterocycles. The van der Waals surface area contributed by atoms with Crippen LogP contribution in [0.15, 0.2) is 24.5 Å². The number of carbonyl (C=O) groups excluding carboxylic acids is 2. The van der Waals surface area contributed by atoms with E-state index in [1.807, 2.05) is 19.9 Å². The van der Waals surface area contributed by atoms with Crippen molar-refractivity contribution < 1.29 is 19.1 Å². The standard InChI is InChI=1S/C25H27N5O4S/c1-4-34-11-16-20(19-10-15-7-13(2)8-18(33-3)23(15)35-19)22-24(26)28-12-29-30(22)21(16)17(31)9-14-5-6-27-25(14)32/h7-8,10,12,14H,4-6,9,11H2,1-3H3,(H,27,32)(H2,26,28,29)/t14-/m0/s1. The van der Waals surface area contributed by atoms with Crippen molar-refractivity contribution in [2.24, 2.45) is 5.92 Å². The highest BCUT2D eigenvalue weighted by Gasteiger charge is 2.32. The number of thiophene rings is 1. The van der Waals surface area contributed by atoms with Gasteiger partial charge in [0.2, 0.25) is 5.91 Å². The average molecular weight is 494 g/mol. The molecule has 1 atom stereocenters. The van der Waals surface area contributed by atoms with Gasteiger partial charge in [0.05, 0.1) is 18.4 Å². The maximum atomic E-state index is 13.6. The zero-order valence-corrected chi connectivity index (χ0v) is 20.7. The van der Waals surface area contributed by atoms with Gasteiger partial charge in [0.25, 0.3) is 0 Å². The van der Waals surface area contributed by atoms with Crippen molar-refractivity contribution in [3.63, 3.8) is 0 Å². The SMILES string of the molecule is CCOCc1c(-c2cc3cc(C)cc(OC)c3s2)c2c(N)ncnn2c1C(=O)C[C@@H]1CCNC1=O. The predicted octanol–water partition coefficient (Wildman–Crippen LogP) is 3.76. The Hall–Kier alpha value is -3.50. The number of hydrogen-bond donors (Lipinski definition) is 2. The number of ketones is 1. The molecule has 1 saturated heterocycles. The van der Waals surface area contributed by atoms with Crippen molar-refractivity contribution >= 4 is 44.4 Å². The molecule has 1 amide bonds. The van der Waals surface area contributed by atoms with E-state index in [4.69, 9.17) is 15.2 Å². The van der Waals surface area contributed by atoms with Gasteiger partial charge in [0.15, 0.2) is 11.6 Å². The van der Waals surface area contributed by atoms with Crippen LogP contribution in [0.25, 0.3) is 26.0 Å². The molecular weight excluding hydrogens is 466 g/mol. The lowest BCUT2D eigenvalue weighted by Crippen LogP contribution is -2.22. The summed E-state index contributed by atoms with van der Waals surface area (Å²) in [5.41, 5.74) is 9.86. The van der Waals surface area contributed by atoms with Gasteiger partial charge in [0, 0.05) is 41.5 Å². The number of hydrogen-bond acceptors (Lipinski definition) is 8. The number of nitrogens with zero attached hydrogens (tertiary/aromatic N) is 3. The fraction of sp³-hybridized carbons (Fsp3) is 0.360. The van der Waals surface area contributed by atoms with Gasteiger partial charge in [-0.2, -0.15) is 5.10 Å². The number of rotatable bonds is 8. The van der Waals surface area contributed by atoms with E-state index in [1.165, 1.54) is 6.33 Å². The largest absolute Gasteiger partial charge is 0.495 e. The smallest absolute Gasteiger partial charge is 0.223 e. The molecule has 0 bridgehead atoms. The lowest BCUT2D eigenvalue weighted by molar-refractivity contribution is -0.122. The normalized spacial score (nSPS) is 15.7. The molecule has 0 unspecified atom stereocenters. The molecule has 1 aliphatic rings. The molecule has 0 spiro atoms. The number of ether oxygens (including phenoxy) is 2. The Labute approximate surface area is 206 Å². The molecule has 4 heterocycles. The van der Waals surface area contributed by atoms with Crippen LogP contribution in [-0.2, 0) is 16.1 Å². The van der Waals surface area contributed by atoms with Gasteiger partial charge in [-0.25, -0.2) is 9.50 Å². The van der Waals surface area contributed by atoms with Crippen LogP contribution in [0, 0.1) is 12.8 Å². The van der Waals surface area contributed by atoms with E-state index in [1.54, 1.807) is 23.0 Å². The molecule has 0 aliphatic carbocycles. The lowest BCUT2D eigenvalue weighted by atomic mass is 9.97. The minimum atomic E-state index is -0.354. The number of nitrogens with two attached hydrogens (primary N) is 1. The molecule has 1 aliphatic heterocycles. The summed E-state index contributed by atoms with van der Waals surface area (Å²) >= 11 is 1.56. The zero-order chi connectivity index (χ0) is 24.7. The summed E-state index contributed by atoms with van der Waals surface area (Å²) in [6.07, 6.45) is 2.07. The van der Waals surface area contributed by atoms with Gasteiger partial charge in [0.1, 0.15) is 23.3 Å². The second kappa shape index (κ2) is 9.27. The Kier molecular flexibility index (Phi) is 6.16. The molecule has 1 fully saturated rings.